The molecule has 5 heteroatoms. The summed E-state index contributed by atoms with van der Waals surface area (Å²) in [7, 11) is 2.02. The summed E-state index contributed by atoms with van der Waals surface area (Å²) in [4.78, 5) is 2.14. The molecule has 0 atom stereocenters. The molecule has 0 spiro atoms. The fourth-order valence-electron chi connectivity index (χ4n) is 1.60. The van der Waals surface area contributed by atoms with Crippen molar-refractivity contribution in [3.05, 3.63) is 15.9 Å². The van der Waals surface area contributed by atoms with Crippen molar-refractivity contribution in [2.24, 2.45) is 0 Å². The molecule has 0 bridgehead atoms. The number of aromatic nitrogens is 2. The molecule has 4 nitrogen and oxygen atoms in total. The predicted molar refractivity (Wildman–Crippen MR) is 66.9 cm³/mol. The zero-order valence-electron chi connectivity index (χ0n) is 10.00. The maximum absolute atomic E-state index is 8.54. The van der Waals surface area contributed by atoms with Crippen molar-refractivity contribution in [1.29, 1.82) is 5.26 Å². The van der Waals surface area contributed by atoms with Crippen molar-refractivity contribution < 1.29 is 0 Å². The number of aryl methyl sites for hydroxylation is 2. The Labute approximate surface area is 105 Å². The van der Waals surface area contributed by atoms with E-state index in [0.29, 0.717) is 6.42 Å². The van der Waals surface area contributed by atoms with Gasteiger partial charge >= 0.3 is 0 Å². The van der Waals surface area contributed by atoms with Crippen molar-refractivity contribution in [3.63, 3.8) is 0 Å². The van der Waals surface area contributed by atoms with Gasteiger partial charge in [-0.3, -0.25) is 9.58 Å². The van der Waals surface area contributed by atoms with Crippen LogP contribution in [0.2, 0.25) is 0 Å². The minimum absolute atomic E-state index is 0.563. The quantitative estimate of drug-likeness (QED) is 0.834. The molecule has 1 rings (SSSR count). The third-order valence-electron chi connectivity index (χ3n) is 2.48. The lowest BCUT2D eigenvalue weighted by molar-refractivity contribution is 0.322. The zero-order chi connectivity index (χ0) is 12.1. The molecule has 0 aromatic carbocycles. The third-order valence-corrected chi connectivity index (χ3v) is 3.51. The van der Waals surface area contributed by atoms with Crippen LogP contribution in [0.5, 0.6) is 0 Å². The molecule has 0 aliphatic carbocycles. The second-order valence-corrected chi connectivity index (χ2v) is 4.60. The van der Waals surface area contributed by atoms with Gasteiger partial charge in [-0.1, -0.05) is 0 Å². The molecule has 0 fully saturated rings. The van der Waals surface area contributed by atoms with E-state index in [1.807, 2.05) is 18.7 Å². The normalized spacial score (nSPS) is 10.8. The number of rotatable bonds is 5. The van der Waals surface area contributed by atoms with Gasteiger partial charge in [0, 0.05) is 26.1 Å². The molecule has 0 aliphatic rings. The van der Waals surface area contributed by atoms with Gasteiger partial charge in [-0.25, -0.2) is 0 Å². The topological polar surface area (TPSA) is 44.9 Å². The van der Waals surface area contributed by atoms with E-state index in [-0.39, 0.29) is 0 Å². The molecular formula is C11H17BrN4. The molecular weight excluding hydrogens is 268 g/mol. The number of hydrogen-bond donors (Lipinski definition) is 0. The summed E-state index contributed by atoms with van der Waals surface area (Å²) >= 11 is 3.56. The van der Waals surface area contributed by atoms with Crippen LogP contribution in [0.3, 0.4) is 0 Å². The van der Waals surface area contributed by atoms with Crippen molar-refractivity contribution in [3.8, 4) is 6.07 Å². The highest BCUT2D eigenvalue weighted by atomic mass is 79.9. The van der Waals surface area contributed by atoms with E-state index in [9.17, 15) is 0 Å². The smallest absolute Gasteiger partial charge is 0.0739 e. The first-order valence-corrected chi connectivity index (χ1v) is 6.16. The Balaban J connectivity index is 2.76. The zero-order valence-corrected chi connectivity index (χ0v) is 11.6. The Hall–Kier alpha value is -0.860. The number of halogens is 1. The second-order valence-electron chi connectivity index (χ2n) is 3.81. The van der Waals surface area contributed by atoms with Gasteiger partial charge in [-0.05, 0) is 36.8 Å². The monoisotopic (exact) mass is 284 g/mol. The van der Waals surface area contributed by atoms with Crippen LogP contribution in [-0.2, 0) is 13.1 Å². The van der Waals surface area contributed by atoms with Crippen LogP contribution in [0.1, 0.15) is 24.7 Å². The van der Waals surface area contributed by atoms with Crippen LogP contribution < -0.4 is 0 Å². The lowest BCUT2D eigenvalue weighted by Crippen LogP contribution is -2.21. The molecule has 0 amide bonds. The summed E-state index contributed by atoms with van der Waals surface area (Å²) < 4.78 is 3.08. The van der Waals surface area contributed by atoms with Gasteiger partial charge < -0.3 is 0 Å². The van der Waals surface area contributed by atoms with Gasteiger partial charge in [-0.2, -0.15) is 10.4 Å². The molecule has 0 radical (unpaired) electrons. The van der Waals surface area contributed by atoms with Gasteiger partial charge in [-0.15, -0.1) is 0 Å². The third kappa shape index (κ3) is 3.06. The van der Waals surface area contributed by atoms with E-state index in [1.165, 1.54) is 5.69 Å². The maximum atomic E-state index is 8.54. The van der Waals surface area contributed by atoms with Crippen molar-refractivity contribution in [2.45, 2.75) is 33.4 Å². The summed E-state index contributed by atoms with van der Waals surface area (Å²) in [5, 5.41) is 13.0. The Morgan fingerprint density at radius 1 is 1.56 bits per heavy atom. The van der Waals surface area contributed by atoms with E-state index in [0.717, 1.165) is 29.8 Å². The molecule has 0 saturated carbocycles. The summed E-state index contributed by atoms with van der Waals surface area (Å²) in [6.07, 6.45) is 0.563. The van der Waals surface area contributed by atoms with E-state index in [4.69, 9.17) is 5.26 Å². The first-order chi connectivity index (χ1) is 7.60. The first-order valence-electron chi connectivity index (χ1n) is 5.37. The number of nitriles is 1. The van der Waals surface area contributed by atoms with Crippen LogP contribution in [0.25, 0.3) is 0 Å². The number of nitrogens with zero attached hydrogens (tertiary/aromatic N) is 4. The van der Waals surface area contributed by atoms with Crippen molar-refractivity contribution in [2.75, 3.05) is 13.6 Å². The highest BCUT2D eigenvalue weighted by Gasteiger charge is 2.13. The molecule has 88 valence electrons. The summed E-state index contributed by atoms with van der Waals surface area (Å²) in [5.41, 5.74) is 2.20. The molecule has 16 heavy (non-hydrogen) atoms. The van der Waals surface area contributed by atoms with Crippen LogP contribution in [0.4, 0.5) is 0 Å². The largest absolute Gasteiger partial charge is 0.299 e. The summed E-state index contributed by atoms with van der Waals surface area (Å²) in [6.45, 7) is 6.55. The van der Waals surface area contributed by atoms with Gasteiger partial charge in [0.2, 0.25) is 0 Å². The fraction of sp³-hybridized carbons (Fsp3) is 0.636. The van der Waals surface area contributed by atoms with E-state index in [1.54, 1.807) is 0 Å². The van der Waals surface area contributed by atoms with Crippen molar-refractivity contribution >= 4 is 15.9 Å². The van der Waals surface area contributed by atoms with E-state index in [2.05, 4.69) is 38.9 Å². The van der Waals surface area contributed by atoms with E-state index < -0.39 is 0 Å². The molecule has 0 N–H and O–H groups in total. The Morgan fingerprint density at radius 2 is 2.25 bits per heavy atom. The second kappa shape index (κ2) is 6.02. The standard InChI is InChI=1S/C11H17BrN4/c1-4-16-10(11(12)9(2)14-16)8-15(3)7-5-6-13/h4-5,7-8H2,1-3H3. The highest BCUT2D eigenvalue weighted by Crippen LogP contribution is 2.22. The molecule has 1 aromatic rings. The fourth-order valence-corrected chi connectivity index (χ4v) is 2.01. The average Bonchev–Trinajstić information content (AvgIpc) is 2.54. The van der Waals surface area contributed by atoms with Gasteiger partial charge in [0.05, 0.1) is 21.9 Å². The number of hydrogen-bond acceptors (Lipinski definition) is 3. The van der Waals surface area contributed by atoms with Crippen molar-refractivity contribution in [1.82, 2.24) is 14.7 Å². The van der Waals surface area contributed by atoms with Crippen LogP contribution in [0.15, 0.2) is 4.47 Å². The lowest BCUT2D eigenvalue weighted by Gasteiger charge is -2.15. The van der Waals surface area contributed by atoms with Crippen LogP contribution >= 0.6 is 15.9 Å². The molecule has 0 saturated heterocycles. The molecule has 1 aromatic heterocycles. The Kier molecular flexibility index (Phi) is 4.97. The Morgan fingerprint density at radius 3 is 2.81 bits per heavy atom. The summed E-state index contributed by atoms with van der Waals surface area (Å²) in [5.74, 6) is 0. The van der Waals surface area contributed by atoms with E-state index >= 15 is 0 Å². The molecule has 1 heterocycles. The minimum Gasteiger partial charge on any atom is -0.299 e. The average molecular weight is 285 g/mol. The van der Waals surface area contributed by atoms with Crippen LogP contribution in [-0.4, -0.2) is 28.3 Å². The minimum atomic E-state index is 0.563. The SMILES string of the molecule is CCn1nc(C)c(Br)c1CN(C)CCC#N. The first kappa shape index (κ1) is 13.2. The maximum Gasteiger partial charge on any atom is 0.0739 e. The van der Waals surface area contributed by atoms with Gasteiger partial charge in [0.15, 0.2) is 0 Å². The lowest BCUT2D eigenvalue weighted by atomic mass is 10.3. The predicted octanol–water partition coefficient (Wildman–Crippen LogP) is 2.32. The molecule has 0 aliphatic heterocycles. The Bertz CT molecular complexity index is 391. The summed E-state index contributed by atoms with van der Waals surface area (Å²) in [6, 6.07) is 2.16. The van der Waals surface area contributed by atoms with Gasteiger partial charge in [0.1, 0.15) is 0 Å². The molecule has 0 unspecified atom stereocenters. The highest BCUT2D eigenvalue weighted by molar-refractivity contribution is 9.10. The van der Waals surface area contributed by atoms with Crippen LogP contribution in [0, 0.1) is 18.3 Å². The van der Waals surface area contributed by atoms with Gasteiger partial charge in [0.25, 0.3) is 0 Å².